The predicted octanol–water partition coefficient (Wildman–Crippen LogP) is 1.86. The Labute approximate surface area is 115 Å². The van der Waals surface area contributed by atoms with Crippen molar-refractivity contribution in [1.29, 1.82) is 0 Å². The Kier molecular flexibility index (Phi) is 5.34. The Bertz CT molecular complexity index is 369. The largest absolute Gasteiger partial charge is 0.389 e. The molecule has 1 aromatic heterocycles. The molecule has 1 saturated carbocycles. The van der Waals surface area contributed by atoms with E-state index >= 15 is 0 Å². The van der Waals surface area contributed by atoms with Gasteiger partial charge in [-0.2, -0.15) is 5.10 Å². The molecule has 0 spiro atoms. The normalized spacial score (nSPS) is 19.3. The molecular weight excluding hydrogens is 240 g/mol. The van der Waals surface area contributed by atoms with Gasteiger partial charge in [-0.1, -0.05) is 32.6 Å². The molecule has 0 radical (unpaired) electrons. The van der Waals surface area contributed by atoms with Crippen LogP contribution in [0.1, 0.15) is 57.7 Å². The quantitative estimate of drug-likeness (QED) is 0.772. The van der Waals surface area contributed by atoms with Crippen LogP contribution in [0.4, 0.5) is 0 Å². The van der Waals surface area contributed by atoms with E-state index in [0.717, 1.165) is 44.5 Å². The zero-order valence-electron chi connectivity index (χ0n) is 11.9. The van der Waals surface area contributed by atoms with Crippen LogP contribution in [0.25, 0.3) is 0 Å². The van der Waals surface area contributed by atoms with Crippen molar-refractivity contribution in [3.63, 3.8) is 0 Å². The molecule has 2 N–H and O–H groups in total. The lowest BCUT2D eigenvalue weighted by Gasteiger charge is -2.26. The fraction of sp³-hybridized carbons (Fsp3) is 0.857. The van der Waals surface area contributed by atoms with Gasteiger partial charge in [0.25, 0.3) is 0 Å². The van der Waals surface area contributed by atoms with Gasteiger partial charge in [-0.05, 0) is 19.3 Å². The summed E-state index contributed by atoms with van der Waals surface area (Å²) in [6, 6.07) is 0. The first kappa shape index (κ1) is 14.5. The van der Waals surface area contributed by atoms with Crippen molar-refractivity contribution in [2.45, 2.75) is 70.6 Å². The van der Waals surface area contributed by atoms with Gasteiger partial charge in [0.2, 0.25) is 0 Å². The Balaban J connectivity index is 1.80. The lowest BCUT2D eigenvalue weighted by atomic mass is 9.94. The molecule has 0 aromatic carbocycles. The first-order chi connectivity index (χ1) is 9.23. The fourth-order valence-electron chi connectivity index (χ4n) is 2.79. The summed E-state index contributed by atoms with van der Waals surface area (Å²) in [5, 5.41) is 18.1. The van der Waals surface area contributed by atoms with Gasteiger partial charge in [0, 0.05) is 13.1 Å². The van der Waals surface area contributed by atoms with Crippen LogP contribution in [0.5, 0.6) is 0 Å². The van der Waals surface area contributed by atoms with E-state index < -0.39 is 5.60 Å². The van der Waals surface area contributed by atoms with Gasteiger partial charge in [0.15, 0.2) is 0 Å². The standard InChI is InChI=1S/C14H26N4O/c1-2-9-18-13(16-12-17-18)10-15-11-14(19)7-5-3-4-6-8-14/h12,15,19H,2-11H2,1H3. The van der Waals surface area contributed by atoms with Crippen molar-refractivity contribution < 1.29 is 5.11 Å². The molecule has 1 aromatic rings. The molecule has 1 aliphatic rings. The van der Waals surface area contributed by atoms with Crippen molar-refractivity contribution in [3.8, 4) is 0 Å². The van der Waals surface area contributed by atoms with Crippen LogP contribution in [-0.4, -0.2) is 32.0 Å². The van der Waals surface area contributed by atoms with Gasteiger partial charge in [-0.3, -0.25) is 0 Å². The van der Waals surface area contributed by atoms with Crippen molar-refractivity contribution in [3.05, 3.63) is 12.2 Å². The molecule has 0 atom stereocenters. The van der Waals surface area contributed by atoms with Gasteiger partial charge < -0.3 is 10.4 Å². The van der Waals surface area contributed by atoms with Gasteiger partial charge >= 0.3 is 0 Å². The maximum atomic E-state index is 10.5. The van der Waals surface area contributed by atoms with E-state index in [1.165, 1.54) is 12.8 Å². The Morgan fingerprint density at radius 3 is 2.74 bits per heavy atom. The molecule has 0 saturated heterocycles. The zero-order valence-corrected chi connectivity index (χ0v) is 11.9. The van der Waals surface area contributed by atoms with Crippen LogP contribution in [0, 0.1) is 0 Å². The molecule has 0 amide bonds. The number of nitrogens with zero attached hydrogens (tertiary/aromatic N) is 3. The summed E-state index contributed by atoms with van der Waals surface area (Å²) >= 11 is 0. The average molecular weight is 266 g/mol. The summed E-state index contributed by atoms with van der Waals surface area (Å²) in [7, 11) is 0. The molecule has 0 bridgehead atoms. The third-order valence-corrected chi connectivity index (χ3v) is 3.90. The second-order valence-electron chi connectivity index (χ2n) is 5.64. The van der Waals surface area contributed by atoms with E-state index in [0.29, 0.717) is 13.1 Å². The van der Waals surface area contributed by atoms with Gasteiger partial charge in [-0.15, -0.1) is 0 Å². The molecule has 19 heavy (non-hydrogen) atoms. The molecule has 1 heterocycles. The fourth-order valence-corrected chi connectivity index (χ4v) is 2.79. The zero-order chi connectivity index (χ0) is 13.6. The smallest absolute Gasteiger partial charge is 0.140 e. The summed E-state index contributed by atoms with van der Waals surface area (Å²) < 4.78 is 1.93. The van der Waals surface area contributed by atoms with E-state index in [1.54, 1.807) is 6.33 Å². The van der Waals surface area contributed by atoms with E-state index in [1.807, 2.05) is 4.68 Å². The third kappa shape index (κ3) is 4.28. The van der Waals surface area contributed by atoms with E-state index in [9.17, 15) is 5.11 Å². The highest BCUT2D eigenvalue weighted by Gasteiger charge is 2.27. The van der Waals surface area contributed by atoms with E-state index in [2.05, 4.69) is 22.3 Å². The lowest BCUT2D eigenvalue weighted by Crippen LogP contribution is -2.40. The minimum absolute atomic E-state index is 0.522. The molecule has 0 aliphatic heterocycles. The average Bonchev–Trinajstić information content (AvgIpc) is 2.70. The highest BCUT2D eigenvalue weighted by Crippen LogP contribution is 2.26. The number of hydrogen-bond donors (Lipinski definition) is 2. The van der Waals surface area contributed by atoms with Crippen molar-refractivity contribution in [1.82, 2.24) is 20.1 Å². The maximum absolute atomic E-state index is 10.5. The monoisotopic (exact) mass is 266 g/mol. The minimum atomic E-state index is -0.522. The van der Waals surface area contributed by atoms with Crippen LogP contribution in [-0.2, 0) is 13.1 Å². The highest BCUT2D eigenvalue weighted by atomic mass is 16.3. The van der Waals surface area contributed by atoms with Crippen LogP contribution in [0.2, 0.25) is 0 Å². The number of rotatable bonds is 6. The summed E-state index contributed by atoms with van der Waals surface area (Å²) in [5.41, 5.74) is -0.522. The van der Waals surface area contributed by atoms with Gasteiger partial charge in [-0.25, -0.2) is 9.67 Å². The lowest BCUT2D eigenvalue weighted by molar-refractivity contribution is 0.0248. The van der Waals surface area contributed by atoms with E-state index in [4.69, 9.17) is 0 Å². The molecule has 108 valence electrons. The summed E-state index contributed by atoms with van der Waals surface area (Å²) in [6.07, 6.45) is 9.30. The highest BCUT2D eigenvalue weighted by molar-refractivity contribution is 4.87. The summed E-state index contributed by atoms with van der Waals surface area (Å²) in [4.78, 5) is 4.27. The Hall–Kier alpha value is -0.940. The maximum Gasteiger partial charge on any atom is 0.140 e. The first-order valence-electron chi connectivity index (χ1n) is 7.53. The summed E-state index contributed by atoms with van der Waals surface area (Å²) in [5.74, 6) is 0.957. The molecule has 1 fully saturated rings. The predicted molar refractivity (Wildman–Crippen MR) is 74.7 cm³/mol. The number of nitrogens with one attached hydrogen (secondary N) is 1. The third-order valence-electron chi connectivity index (χ3n) is 3.90. The Morgan fingerprint density at radius 1 is 1.32 bits per heavy atom. The van der Waals surface area contributed by atoms with Crippen molar-refractivity contribution in [2.24, 2.45) is 0 Å². The first-order valence-corrected chi connectivity index (χ1v) is 7.53. The number of hydrogen-bond acceptors (Lipinski definition) is 4. The molecule has 0 unspecified atom stereocenters. The Morgan fingerprint density at radius 2 is 2.05 bits per heavy atom. The van der Waals surface area contributed by atoms with E-state index in [-0.39, 0.29) is 0 Å². The molecule has 1 aliphatic carbocycles. The number of aromatic nitrogens is 3. The number of aryl methyl sites for hydroxylation is 1. The van der Waals surface area contributed by atoms with Crippen LogP contribution in [0.3, 0.4) is 0 Å². The van der Waals surface area contributed by atoms with Crippen LogP contribution in [0.15, 0.2) is 6.33 Å². The second-order valence-corrected chi connectivity index (χ2v) is 5.64. The van der Waals surface area contributed by atoms with Gasteiger partial charge in [0.1, 0.15) is 12.2 Å². The van der Waals surface area contributed by atoms with Crippen LogP contribution < -0.4 is 5.32 Å². The van der Waals surface area contributed by atoms with Gasteiger partial charge in [0.05, 0.1) is 12.1 Å². The molecule has 5 nitrogen and oxygen atoms in total. The topological polar surface area (TPSA) is 63.0 Å². The van der Waals surface area contributed by atoms with Crippen LogP contribution >= 0.6 is 0 Å². The second kappa shape index (κ2) is 7.01. The minimum Gasteiger partial charge on any atom is -0.389 e. The molecule has 5 heteroatoms. The van der Waals surface area contributed by atoms with Crippen molar-refractivity contribution >= 4 is 0 Å². The summed E-state index contributed by atoms with van der Waals surface area (Å²) in [6.45, 7) is 4.38. The number of aliphatic hydroxyl groups is 1. The molecule has 2 rings (SSSR count). The molecular formula is C14H26N4O. The SMILES string of the molecule is CCCn1ncnc1CNCC1(O)CCCCCC1. The van der Waals surface area contributed by atoms with Crippen molar-refractivity contribution in [2.75, 3.05) is 6.54 Å².